The van der Waals surface area contributed by atoms with E-state index in [-0.39, 0.29) is 10.7 Å². The largest absolute Gasteiger partial charge is 0.491 e. The van der Waals surface area contributed by atoms with Crippen molar-refractivity contribution in [2.45, 2.75) is 17.1 Å². The number of halogens is 2. The molecule has 138 valence electrons. The van der Waals surface area contributed by atoms with E-state index >= 15 is 0 Å². The van der Waals surface area contributed by atoms with Crippen molar-refractivity contribution < 1.29 is 9.84 Å². The van der Waals surface area contributed by atoms with Crippen LogP contribution in [0.4, 0.5) is 0 Å². The maximum absolute atomic E-state index is 10.8. The van der Waals surface area contributed by atoms with Crippen LogP contribution in [0.15, 0.2) is 65.3 Å². The SMILES string of the molecule is Cc1cc2c3cc(Br)ccc3n(C(I)C(O)COc3ccccc3)c2cn1. The smallest absolute Gasteiger partial charge is 0.119 e. The quantitative estimate of drug-likeness (QED) is 0.265. The van der Waals surface area contributed by atoms with Gasteiger partial charge in [0.2, 0.25) is 0 Å². The van der Waals surface area contributed by atoms with Crippen LogP contribution in [0.2, 0.25) is 0 Å². The molecule has 0 bridgehead atoms. The Morgan fingerprint density at radius 1 is 1.11 bits per heavy atom. The Morgan fingerprint density at radius 2 is 1.85 bits per heavy atom. The van der Waals surface area contributed by atoms with Crippen molar-refractivity contribution in [3.05, 3.63) is 71.0 Å². The summed E-state index contributed by atoms with van der Waals surface area (Å²) in [5.74, 6) is 0.753. The lowest BCUT2D eigenvalue weighted by molar-refractivity contribution is 0.0959. The maximum atomic E-state index is 10.8. The first-order valence-corrected chi connectivity index (χ1v) is 10.6. The van der Waals surface area contributed by atoms with E-state index in [4.69, 9.17) is 4.74 Å². The number of rotatable bonds is 5. The molecule has 0 saturated heterocycles. The van der Waals surface area contributed by atoms with Gasteiger partial charge in [-0.15, -0.1) is 0 Å². The first kappa shape index (κ1) is 18.7. The molecule has 0 aliphatic rings. The molecule has 0 radical (unpaired) electrons. The molecule has 2 unspecified atom stereocenters. The lowest BCUT2D eigenvalue weighted by atomic mass is 10.2. The Labute approximate surface area is 179 Å². The van der Waals surface area contributed by atoms with Gasteiger partial charge in [-0.3, -0.25) is 4.98 Å². The Kier molecular flexibility index (Phi) is 5.39. The number of hydrogen-bond donors (Lipinski definition) is 1. The van der Waals surface area contributed by atoms with Gasteiger partial charge in [0, 0.05) is 20.9 Å². The number of para-hydroxylation sites is 1. The number of aromatic nitrogens is 2. The molecule has 1 N–H and O–H groups in total. The minimum Gasteiger partial charge on any atom is -0.491 e. The lowest BCUT2D eigenvalue weighted by Crippen LogP contribution is -2.26. The first-order chi connectivity index (χ1) is 13.0. The van der Waals surface area contributed by atoms with Gasteiger partial charge in [-0.2, -0.15) is 0 Å². The fourth-order valence-electron chi connectivity index (χ4n) is 3.24. The number of alkyl halides is 1. The van der Waals surface area contributed by atoms with E-state index in [1.165, 1.54) is 0 Å². The highest BCUT2D eigenvalue weighted by Gasteiger charge is 2.23. The van der Waals surface area contributed by atoms with E-state index in [2.05, 4.69) is 66.3 Å². The second kappa shape index (κ2) is 7.77. The van der Waals surface area contributed by atoms with Crippen LogP contribution < -0.4 is 4.74 Å². The molecule has 27 heavy (non-hydrogen) atoms. The highest BCUT2D eigenvalue weighted by molar-refractivity contribution is 14.1. The third-order valence-electron chi connectivity index (χ3n) is 4.52. The molecule has 4 nitrogen and oxygen atoms in total. The number of nitrogens with zero attached hydrogens (tertiary/aromatic N) is 2. The molecule has 2 heterocycles. The fourth-order valence-corrected chi connectivity index (χ4v) is 4.41. The minimum absolute atomic E-state index is 0.197. The molecule has 0 aliphatic heterocycles. The van der Waals surface area contributed by atoms with Gasteiger partial charge in [-0.1, -0.05) is 56.7 Å². The molecule has 2 aromatic carbocycles. The topological polar surface area (TPSA) is 47.3 Å². The predicted molar refractivity (Wildman–Crippen MR) is 121 cm³/mol. The highest BCUT2D eigenvalue weighted by Crippen LogP contribution is 2.36. The number of hydrogen-bond acceptors (Lipinski definition) is 3. The summed E-state index contributed by atoms with van der Waals surface area (Å²) in [6.45, 7) is 2.21. The Balaban J connectivity index is 1.72. The number of fused-ring (bicyclic) bond motifs is 3. The van der Waals surface area contributed by atoms with Gasteiger partial charge in [0.25, 0.3) is 0 Å². The lowest BCUT2D eigenvalue weighted by Gasteiger charge is -2.21. The van der Waals surface area contributed by atoms with Crippen LogP contribution >= 0.6 is 38.5 Å². The van der Waals surface area contributed by atoms with E-state index in [0.717, 1.165) is 37.7 Å². The Morgan fingerprint density at radius 3 is 2.63 bits per heavy atom. The summed E-state index contributed by atoms with van der Waals surface area (Å²) in [4.78, 5) is 4.47. The van der Waals surface area contributed by atoms with Crippen LogP contribution in [-0.2, 0) is 0 Å². The van der Waals surface area contributed by atoms with E-state index in [9.17, 15) is 5.11 Å². The van der Waals surface area contributed by atoms with Crippen LogP contribution in [0, 0.1) is 6.92 Å². The minimum atomic E-state index is -0.672. The zero-order chi connectivity index (χ0) is 19.0. The summed E-state index contributed by atoms with van der Waals surface area (Å²) in [7, 11) is 0. The van der Waals surface area contributed by atoms with Crippen molar-refractivity contribution in [2.24, 2.45) is 0 Å². The second-order valence-corrected chi connectivity index (χ2v) is 8.63. The van der Waals surface area contributed by atoms with Gasteiger partial charge in [-0.25, -0.2) is 0 Å². The number of pyridine rings is 1. The molecule has 0 amide bonds. The first-order valence-electron chi connectivity index (χ1n) is 8.60. The van der Waals surface area contributed by atoms with Crippen molar-refractivity contribution in [1.82, 2.24) is 9.55 Å². The van der Waals surface area contributed by atoms with Crippen molar-refractivity contribution in [3.63, 3.8) is 0 Å². The van der Waals surface area contributed by atoms with Gasteiger partial charge < -0.3 is 14.4 Å². The van der Waals surface area contributed by atoms with E-state index in [1.54, 1.807) is 0 Å². The molecule has 0 aliphatic carbocycles. The maximum Gasteiger partial charge on any atom is 0.119 e. The molecular formula is C21H18BrIN2O2. The van der Waals surface area contributed by atoms with Crippen molar-refractivity contribution in [2.75, 3.05) is 6.61 Å². The van der Waals surface area contributed by atoms with Crippen LogP contribution in [0.1, 0.15) is 9.74 Å². The average Bonchev–Trinajstić information content (AvgIpc) is 2.99. The van der Waals surface area contributed by atoms with Crippen LogP contribution in [0.25, 0.3) is 21.8 Å². The molecule has 6 heteroatoms. The molecule has 4 aromatic rings. The van der Waals surface area contributed by atoms with Crippen molar-refractivity contribution in [3.8, 4) is 5.75 Å². The Hall–Kier alpha value is -1.64. The van der Waals surface area contributed by atoms with Gasteiger partial charge >= 0.3 is 0 Å². The molecule has 0 spiro atoms. The standard InChI is InChI=1S/C21H18BrIN2O2/c1-13-9-16-17-10-14(22)7-8-18(17)25(19(16)11-24-13)21(23)20(26)12-27-15-5-3-2-4-6-15/h2-11,20-21,26H,12H2,1H3. The molecule has 0 saturated carbocycles. The summed E-state index contributed by atoms with van der Waals surface area (Å²) in [5.41, 5.74) is 3.05. The predicted octanol–water partition coefficient (Wildman–Crippen LogP) is 5.63. The fraction of sp³-hybridized carbons (Fsp3) is 0.190. The average molecular weight is 537 g/mol. The zero-order valence-corrected chi connectivity index (χ0v) is 18.4. The van der Waals surface area contributed by atoms with Crippen molar-refractivity contribution >= 4 is 60.3 Å². The molecule has 2 aromatic heterocycles. The van der Waals surface area contributed by atoms with Crippen LogP contribution in [-0.4, -0.2) is 27.4 Å². The van der Waals surface area contributed by atoms with Crippen LogP contribution in [0.5, 0.6) is 5.75 Å². The third kappa shape index (κ3) is 3.70. The highest BCUT2D eigenvalue weighted by atomic mass is 127. The summed E-state index contributed by atoms with van der Waals surface area (Å²) in [5, 5.41) is 13.1. The summed E-state index contributed by atoms with van der Waals surface area (Å²) in [6, 6.07) is 17.9. The summed E-state index contributed by atoms with van der Waals surface area (Å²) in [6.07, 6.45) is 1.21. The van der Waals surface area contributed by atoms with Gasteiger partial charge in [-0.05, 0) is 43.3 Å². The van der Waals surface area contributed by atoms with Gasteiger partial charge in [0.1, 0.15) is 22.5 Å². The second-order valence-electron chi connectivity index (χ2n) is 6.44. The van der Waals surface area contributed by atoms with Crippen LogP contribution in [0.3, 0.4) is 0 Å². The molecule has 4 rings (SSSR count). The number of aryl methyl sites for hydroxylation is 1. The van der Waals surface area contributed by atoms with Gasteiger partial charge in [0.05, 0.1) is 17.2 Å². The monoisotopic (exact) mass is 536 g/mol. The normalized spacial score (nSPS) is 13.8. The molecule has 2 atom stereocenters. The van der Waals surface area contributed by atoms with Crippen molar-refractivity contribution in [1.29, 1.82) is 0 Å². The number of benzene rings is 2. The third-order valence-corrected chi connectivity index (χ3v) is 6.40. The van der Waals surface area contributed by atoms with E-state index < -0.39 is 6.10 Å². The number of aliphatic hydroxyl groups is 1. The summed E-state index contributed by atoms with van der Waals surface area (Å²) >= 11 is 5.85. The summed E-state index contributed by atoms with van der Waals surface area (Å²) < 4.78 is 8.73. The van der Waals surface area contributed by atoms with E-state index in [0.29, 0.717) is 0 Å². The van der Waals surface area contributed by atoms with Gasteiger partial charge in [0.15, 0.2) is 0 Å². The Bertz CT molecular complexity index is 1040. The number of aliphatic hydroxyl groups excluding tert-OH is 1. The zero-order valence-electron chi connectivity index (χ0n) is 14.6. The molecular weight excluding hydrogens is 519 g/mol. The number of ether oxygens (including phenoxy) is 1. The van der Waals surface area contributed by atoms with E-state index in [1.807, 2.05) is 49.5 Å². The molecule has 0 fully saturated rings.